The number of aryl methyl sites for hydroxylation is 2. The summed E-state index contributed by atoms with van der Waals surface area (Å²) >= 11 is 6.20. The van der Waals surface area contributed by atoms with Crippen LogP contribution in [0.2, 0.25) is 0 Å². The van der Waals surface area contributed by atoms with Crippen LogP contribution < -0.4 is 5.32 Å². The summed E-state index contributed by atoms with van der Waals surface area (Å²) in [5.41, 5.74) is 2.41. The van der Waals surface area contributed by atoms with Crippen LogP contribution in [0, 0.1) is 5.92 Å². The zero-order valence-electron chi connectivity index (χ0n) is 11.3. The molecule has 0 aliphatic heterocycles. The van der Waals surface area contributed by atoms with Gasteiger partial charge in [-0.2, -0.15) is 5.10 Å². The second-order valence-corrected chi connectivity index (χ2v) is 5.25. The molecule has 0 saturated carbocycles. The first kappa shape index (κ1) is 14.5. The van der Waals surface area contributed by atoms with Gasteiger partial charge in [-0.3, -0.25) is 4.68 Å². The number of hydrogen-bond donors (Lipinski definition) is 1. The van der Waals surface area contributed by atoms with Gasteiger partial charge >= 0.3 is 0 Å². The van der Waals surface area contributed by atoms with Crippen molar-refractivity contribution in [2.24, 2.45) is 5.92 Å². The quantitative estimate of drug-likeness (QED) is 0.762. The van der Waals surface area contributed by atoms with E-state index >= 15 is 0 Å². The van der Waals surface area contributed by atoms with Crippen molar-refractivity contribution in [2.45, 2.75) is 52.6 Å². The monoisotopic (exact) mass is 257 g/mol. The van der Waals surface area contributed by atoms with Crippen LogP contribution in [0.1, 0.15) is 39.1 Å². The van der Waals surface area contributed by atoms with Crippen LogP contribution >= 0.6 is 11.6 Å². The molecule has 1 rings (SSSR count). The number of halogens is 1. The molecule has 0 aliphatic rings. The number of nitrogens with zero attached hydrogens (tertiary/aromatic N) is 2. The van der Waals surface area contributed by atoms with E-state index in [0.717, 1.165) is 31.7 Å². The van der Waals surface area contributed by atoms with Gasteiger partial charge in [0.1, 0.15) is 0 Å². The number of nitrogens with one attached hydrogen (secondary N) is 1. The molecule has 3 nitrogen and oxygen atoms in total. The van der Waals surface area contributed by atoms with Gasteiger partial charge in [-0.15, -0.1) is 11.6 Å². The largest absolute Gasteiger partial charge is 0.310 e. The van der Waals surface area contributed by atoms with Gasteiger partial charge in [-0.05, 0) is 25.3 Å². The van der Waals surface area contributed by atoms with Crippen molar-refractivity contribution in [3.63, 3.8) is 0 Å². The molecule has 0 bridgehead atoms. The van der Waals surface area contributed by atoms with Crippen LogP contribution in [-0.2, 0) is 19.5 Å². The Kier molecular flexibility index (Phi) is 6.00. The zero-order chi connectivity index (χ0) is 12.8. The summed E-state index contributed by atoms with van der Waals surface area (Å²) in [5.74, 6) is 0.506. The van der Waals surface area contributed by atoms with Crippen molar-refractivity contribution in [1.82, 2.24) is 15.1 Å². The van der Waals surface area contributed by atoms with Crippen LogP contribution in [-0.4, -0.2) is 21.7 Å². The highest BCUT2D eigenvalue weighted by Gasteiger charge is 2.10. The third-order valence-electron chi connectivity index (χ3n) is 2.94. The van der Waals surface area contributed by atoms with Gasteiger partial charge in [0.2, 0.25) is 0 Å². The molecule has 0 amide bonds. The molecule has 0 aromatic carbocycles. The molecule has 1 unspecified atom stereocenters. The second kappa shape index (κ2) is 7.02. The van der Waals surface area contributed by atoms with E-state index in [9.17, 15) is 0 Å². The van der Waals surface area contributed by atoms with Crippen molar-refractivity contribution < 1.29 is 0 Å². The molecule has 0 aliphatic carbocycles. The maximum Gasteiger partial charge on any atom is 0.0625 e. The predicted octanol–water partition coefficient (Wildman–Crippen LogP) is 2.82. The van der Waals surface area contributed by atoms with Crippen LogP contribution in [0.3, 0.4) is 0 Å². The highest BCUT2D eigenvalue weighted by molar-refractivity contribution is 6.20. The van der Waals surface area contributed by atoms with Crippen LogP contribution in [0.25, 0.3) is 0 Å². The van der Waals surface area contributed by atoms with Gasteiger partial charge in [0, 0.05) is 25.0 Å². The Morgan fingerprint density at radius 3 is 2.65 bits per heavy atom. The van der Waals surface area contributed by atoms with Gasteiger partial charge in [-0.1, -0.05) is 20.8 Å². The van der Waals surface area contributed by atoms with E-state index in [1.54, 1.807) is 0 Å². The van der Waals surface area contributed by atoms with Gasteiger partial charge in [-0.25, -0.2) is 0 Å². The molecule has 0 radical (unpaired) electrons. The highest BCUT2D eigenvalue weighted by Crippen LogP contribution is 2.09. The number of hydrogen-bond acceptors (Lipinski definition) is 2. The maximum atomic E-state index is 6.20. The fourth-order valence-electron chi connectivity index (χ4n) is 1.68. The van der Waals surface area contributed by atoms with E-state index in [1.165, 1.54) is 5.69 Å². The molecule has 1 heterocycles. The lowest BCUT2D eigenvalue weighted by atomic mass is 10.1. The van der Waals surface area contributed by atoms with Crippen LogP contribution in [0.5, 0.6) is 0 Å². The molecule has 17 heavy (non-hydrogen) atoms. The average molecular weight is 258 g/mol. The van der Waals surface area contributed by atoms with E-state index < -0.39 is 0 Å². The Morgan fingerprint density at radius 1 is 1.41 bits per heavy atom. The summed E-state index contributed by atoms with van der Waals surface area (Å²) in [7, 11) is 0. The van der Waals surface area contributed by atoms with E-state index in [0.29, 0.717) is 5.92 Å². The van der Waals surface area contributed by atoms with E-state index in [2.05, 4.69) is 48.9 Å². The van der Waals surface area contributed by atoms with Gasteiger partial charge in [0.25, 0.3) is 0 Å². The Morgan fingerprint density at radius 2 is 2.12 bits per heavy atom. The first-order chi connectivity index (χ1) is 8.08. The molecule has 0 saturated heterocycles. The third-order valence-corrected chi connectivity index (χ3v) is 3.60. The van der Waals surface area contributed by atoms with Crippen LogP contribution in [0.15, 0.2) is 6.07 Å². The number of aromatic nitrogens is 2. The summed E-state index contributed by atoms with van der Waals surface area (Å²) < 4.78 is 2.06. The van der Waals surface area contributed by atoms with E-state index in [4.69, 9.17) is 11.6 Å². The molecule has 1 N–H and O–H groups in total. The fourth-order valence-corrected chi connectivity index (χ4v) is 1.79. The van der Waals surface area contributed by atoms with Crippen molar-refractivity contribution in [3.05, 3.63) is 17.5 Å². The minimum atomic E-state index is 0.193. The predicted molar refractivity (Wildman–Crippen MR) is 73.5 cm³/mol. The van der Waals surface area contributed by atoms with Gasteiger partial charge in [0.05, 0.1) is 11.4 Å². The van der Waals surface area contributed by atoms with Crippen molar-refractivity contribution >= 4 is 11.6 Å². The second-order valence-electron chi connectivity index (χ2n) is 4.69. The lowest BCUT2D eigenvalue weighted by molar-refractivity contribution is 0.526. The highest BCUT2D eigenvalue weighted by atomic mass is 35.5. The Balaban J connectivity index is 2.48. The summed E-state index contributed by atoms with van der Waals surface area (Å²) in [6.07, 6.45) is 0.990. The van der Waals surface area contributed by atoms with Crippen molar-refractivity contribution in [1.29, 1.82) is 0 Å². The molecule has 1 aromatic rings. The smallest absolute Gasteiger partial charge is 0.0625 e. The third kappa shape index (κ3) is 4.32. The summed E-state index contributed by atoms with van der Waals surface area (Å²) in [6, 6.07) is 2.18. The average Bonchev–Trinajstić information content (AvgIpc) is 2.71. The Hall–Kier alpha value is -0.540. The lowest BCUT2D eigenvalue weighted by Gasteiger charge is -2.14. The molecular formula is C13H24ClN3. The zero-order valence-corrected chi connectivity index (χ0v) is 12.1. The van der Waals surface area contributed by atoms with Crippen LogP contribution in [0.4, 0.5) is 0 Å². The SMILES string of the molecule is CCc1cc(CNCC(Cl)C(C)C)n(CC)n1. The first-order valence-corrected chi connectivity index (χ1v) is 6.92. The molecular weight excluding hydrogens is 234 g/mol. The molecule has 0 spiro atoms. The minimum absolute atomic E-state index is 0.193. The molecule has 98 valence electrons. The maximum absolute atomic E-state index is 6.20. The fraction of sp³-hybridized carbons (Fsp3) is 0.769. The summed E-state index contributed by atoms with van der Waals surface area (Å²) in [5, 5.41) is 8.12. The van der Waals surface area contributed by atoms with Crippen molar-refractivity contribution in [2.75, 3.05) is 6.54 Å². The molecule has 4 heteroatoms. The number of rotatable bonds is 7. The Labute approximate surface area is 110 Å². The topological polar surface area (TPSA) is 29.9 Å². The summed E-state index contributed by atoms with van der Waals surface area (Å²) in [6.45, 7) is 11.1. The number of alkyl halides is 1. The van der Waals surface area contributed by atoms with E-state index in [1.807, 2.05) is 0 Å². The van der Waals surface area contributed by atoms with Crippen molar-refractivity contribution in [3.8, 4) is 0 Å². The molecule has 1 atom stereocenters. The Bertz CT molecular complexity index is 333. The van der Waals surface area contributed by atoms with Gasteiger partial charge in [0.15, 0.2) is 0 Å². The first-order valence-electron chi connectivity index (χ1n) is 6.48. The molecule has 1 aromatic heterocycles. The van der Waals surface area contributed by atoms with Gasteiger partial charge < -0.3 is 5.32 Å². The standard InChI is InChI=1S/C13H24ClN3/c1-5-11-7-12(17(6-2)16-11)8-15-9-13(14)10(3)4/h7,10,13,15H,5-6,8-9H2,1-4H3. The summed E-state index contributed by atoms with van der Waals surface area (Å²) in [4.78, 5) is 0. The normalized spacial score (nSPS) is 13.3. The van der Waals surface area contributed by atoms with E-state index in [-0.39, 0.29) is 5.38 Å². The molecule has 0 fully saturated rings. The minimum Gasteiger partial charge on any atom is -0.310 e. The lowest BCUT2D eigenvalue weighted by Crippen LogP contribution is -2.27.